The molecule has 2 aliphatic heterocycles. The maximum atomic E-state index is 14.9. The number of fused-ring (bicyclic) bond motifs is 1. The number of halogens is 1. The van der Waals surface area contributed by atoms with Gasteiger partial charge in [-0.1, -0.05) is 0 Å². The maximum absolute atomic E-state index is 14.9. The quantitative estimate of drug-likeness (QED) is 0.721. The SMILES string of the molecule is CNC(=O)N1CCc2c(c(N(C)c3cc(OC)c(N)cc3F)nn2C2CCOCC2)C1. The van der Waals surface area contributed by atoms with Crippen LogP contribution in [0.25, 0.3) is 0 Å². The molecule has 31 heavy (non-hydrogen) atoms. The molecule has 3 heterocycles. The Morgan fingerprint density at radius 3 is 2.81 bits per heavy atom. The molecule has 1 aromatic carbocycles. The van der Waals surface area contributed by atoms with Crippen molar-refractivity contribution in [3.8, 4) is 5.75 Å². The van der Waals surface area contributed by atoms with Gasteiger partial charge in [0.1, 0.15) is 11.6 Å². The zero-order valence-electron chi connectivity index (χ0n) is 18.2. The molecule has 168 valence electrons. The highest BCUT2D eigenvalue weighted by Crippen LogP contribution is 2.38. The minimum absolute atomic E-state index is 0.140. The number of benzene rings is 1. The van der Waals surface area contributed by atoms with Gasteiger partial charge < -0.3 is 30.3 Å². The zero-order chi connectivity index (χ0) is 22.1. The lowest BCUT2D eigenvalue weighted by molar-refractivity contribution is 0.0651. The first-order valence-corrected chi connectivity index (χ1v) is 10.5. The Labute approximate surface area is 180 Å². The fraction of sp³-hybridized carbons (Fsp3) is 0.524. The minimum Gasteiger partial charge on any atom is -0.495 e. The van der Waals surface area contributed by atoms with Gasteiger partial charge in [0.15, 0.2) is 5.82 Å². The van der Waals surface area contributed by atoms with E-state index >= 15 is 0 Å². The Bertz CT molecular complexity index is 973. The third-order valence-electron chi connectivity index (χ3n) is 6.08. The normalized spacial score (nSPS) is 16.7. The van der Waals surface area contributed by atoms with Crippen molar-refractivity contribution in [2.45, 2.75) is 31.8 Å². The van der Waals surface area contributed by atoms with Crippen LogP contribution >= 0.6 is 0 Å². The lowest BCUT2D eigenvalue weighted by Gasteiger charge is -2.30. The number of nitrogen functional groups attached to an aromatic ring is 1. The summed E-state index contributed by atoms with van der Waals surface area (Å²) in [6, 6.07) is 2.91. The molecule has 10 heteroatoms. The summed E-state index contributed by atoms with van der Waals surface area (Å²) in [7, 11) is 4.88. The van der Waals surface area contributed by atoms with Crippen LogP contribution in [0, 0.1) is 5.82 Å². The number of carbonyl (C=O) groups is 1. The van der Waals surface area contributed by atoms with Crippen molar-refractivity contribution >= 4 is 23.2 Å². The molecule has 0 radical (unpaired) electrons. The molecule has 0 unspecified atom stereocenters. The average Bonchev–Trinajstić information content (AvgIpc) is 3.17. The Morgan fingerprint density at radius 1 is 1.39 bits per heavy atom. The largest absolute Gasteiger partial charge is 0.495 e. The number of rotatable bonds is 4. The van der Waals surface area contributed by atoms with Crippen molar-refractivity contribution in [2.75, 3.05) is 51.6 Å². The van der Waals surface area contributed by atoms with Gasteiger partial charge in [-0.2, -0.15) is 5.10 Å². The van der Waals surface area contributed by atoms with Gasteiger partial charge >= 0.3 is 6.03 Å². The van der Waals surface area contributed by atoms with E-state index in [2.05, 4.69) is 10.00 Å². The van der Waals surface area contributed by atoms with Crippen molar-refractivity contribution in [2.24, 2.45) is 0 Å². The van der Waals surface area contributed by atoms with Gasteiger partial charge in [-0.3, -0.25) is 4.68 Å². The standard InChI is InChI=1S/C21H29FN6O3/c1-24-21(29)27-7-4-17-14(12-27)20(25-28(17)13-5-8-31-9-6-13)26(2)18-11-19(30-3)16(23)10-15(18)22/h10-11,13H,4-9,12,23H2,1-3H3,(H,24,29). The smallest absolute Gasteiger partial charge is 0.317 e. The topological polar surface area (TPSA) is 97.9 Å². The second kappa shape index (κ2) is 8.62. The van der Waals surface area contributed by atoms with Crippen molar-refractivity contribution < 1.29 is 18.7 Å². The van der Waals surface area contributed by atoms with E-state index in [9.17, 15) is 9.18 Å². The summed E-state index contributed by atoms with van der Waals surface area (Å²) >= 11 is 0. The first kappa shape index (κ1) is 21.2. The van der Waals surface area contributed by atoms with Gasteiger partial charge in [0, 0.05) is 63.7 Å². The van der Waals surface area contributed by atoms with Crippen molar-refractivity contribution in [1.82, 2.24) is 20.0 Å². The molecule has 1 fully saturated rings. The molecule has 4 rings (SSSR count). The molecular weight excluding hydrogens is 403 g/mol. The van der Waals surface area contributed by atoms with E-state index in [1.54, 1.807) is 30.0 Å². The van der Waals surface area contributed by atoms with Crippen LogP contribution in [-0.4, -0.2) is 61.7 Å². The third kappa shape index (κ3) is 3.87. The predicted molar refractivity (Wildman–Crippen MR) is 115 cm³/mol. The van der Waals surface area contributed by atoms with Crippen molar-refractivity contribution in [3.05, 3.63) is 29.2 Å². The first-order valence-electron chi connectivity index (χ1n) is 10.5. The van der Waals surface area contributed by atoms with E-state index in [-0.39, 0.29) is 17.8 Å². The number of nitrogens with one attached hydrogen (secondary N) is 1. The number of hydrogen-bond donors (Lipinski definition) is 2. The molecule has 2 aromatic rings. The monoisotopic (exact) mass is 432 g/mol. The van der Waals surface area contributed by atoms with Crippen LogP contribution in [0.15, 0.2) is 12.1 Å². The number of aromatic nitrogens is 2. The number of methoxy groups -OCH3 is 1. The number of urea groups is 1. The Hall–Kier alpha value is -3.01. The summed E-state index contributed by atoms with van der Waals surface area (Å²) in [6.45, 7) is 2.40. The summed E-state index contributed by atoms with van der Waals surface area (Å²) in [5.41, 5.74) is 8.42. The molecule has 0 aliphatic carbocycles. The highest BCUT2D eigenvalue weighted by Gasteiger charge is 2.32. The van der Waals surface area contributed by atoms with Crippen LogP contribution in [0.2, 0.25) is 0 Å². The molecule has 9 nitrogen and oxygen atoms in total. The fourth-order valence-electron chi connectivity index (χ4n) is 4.37. The van der Waals surface area contributed by atoms with Gasteiger partial charge in [-0.05, 0) is 12.8 Å². The van der Waals surface area contributed by atoms with Crippen molar-refractivity contribution in [1.29, 1.82) is 0 Å². The number of carbonyl (C=O) groups excluding carboxylic acids is 1. The second-order valence-corrected chi connectivity index (χ2v) is 7.87. The molecule has 0 bridgehead atoms. The number of hydrogen-bond acceptors (Lipinski definition) is 6. The van der Waals surface area contributed by atoms with Crippen LogP contribution < -0.4 is 20.7 Å². The summed E-state index contributed by atoms with van der Waals surface area (Å²) < 4.78 is 27.7. The van der Waals surface area contributed by atoms with Crippen LogP contribution in [-0.2, 0) is 17.7 Å². The van der Waals surface area contributed by atoms with Crippen LogP contribution in [0.4, 0.5) is 26.4 Å². The molecule has 0 atom stereocenters. The zero-order valence-corrected chi connectivity index (χ0v) is 18.2. The second-order valence-electron chi connectivity index (χ2n) is 7.87. The average molecular weight is 433 g/mol. The Balaban J connectivity index is 1.78. The fourth-order valence-corrected chi connectivity index (χ4v) is 4.37. The van der Waals surface area contributed by atoms with Gasteiger partial charge in [-0.15, -0.1) is 0 Å². The van der Waals surface area contributed by atoms with E-state index < -0.39 is 5.82 Å². The number of nitrogens with two attached hydrogens (primary N) is 1. The van der Waals surface area contributed by atoms with E-state index in [0.29, 0.717) is 50.0 Å². The molecular formula is C21H29FN6O3. The van der Waals surface area contributed by atoms with Gasteiger partial charge in [0.2, 0.25) is 0 Å². The summed E-state index contributed by atoms with van der Waals surface area (Å²) in [6.07, 6.45) is 2.44. The number of ether oxygens (including phenoxy) is 2. The maximum Gasteiger partial charge on any atom is 0.317 e. The van der Waals surface area contributed by atoms with Crippen molar-refractivity contribution in [3.63, 3.8) is 0 Å². The van der Waals surface area contributed by atoms with E-state index in [0.717, 1.165) is 24.1 Å². The van der Waals surface area contributed by atoms with E-state index in [1.807, 2.05) is 0 Å². The molecule has 1 saturated heterocycles. The van der Waals surface area contributed by atoms with Crippen LogP contribution in [0.3, 0.4) is 0 Å². The lowest BCUT2D eigenvalue weighted by Crippen LogP contribution is -2.41. The molecule has 3 N–H and O–H groups in total. The van der Waals surface area contributed by atoms with E-state index in [4.69, 9.17) is 20.3 Å². The Morgan fingerprint density at radius 2 is 2.13 bits per heavy atom. The molecule has 2 aliphatic rings. The highest BCUT2D eigenvalue weighted by molar-refractivity contribution is 5.75. The molecule has 0 spiro atoms. The third-order valence-corrected chi connectivity index (χ3v) is 6.08. The summed E-state index contributed by atoms with van der Waals surface area (Å²) in [5.74, 6) is 0.558. The molecule has 1 aromatic heterocycles. The summed E-state index contributed by atoms with van der Waals surface area (Å²) in [5, 5.41) is 7.61. The number of amides is 2. The number of anilines is 3. The number of nitrogens with zero attached hydrogens (tertiary/aromatic N) is 4. The molecule has 2 amide bonds. The van der Waals surface area contributed by atoms with Crippen LogP contribution in [0.1, 0.15) is 30.1 Å². The van der Waals surface area contributed by atoms with Gasteiger partial charge in [0.05, 0.1) is 31.1 Å². The predicted octanol–water partition coefficient (Wildman–Crippen LogP) is 2.43. The highest BCUT2D eigenvalue weighted by atomic mass is 19.1. The van der Waals surface area contributed by atoms with Crippen LogP contribution in [0.5, 0.6) is 5.75 Å². The lowest BCUT2D eigenvalue weighted by atomic mass is 10.0. The van der Waals surface area contributed by atoms with Gasteiger partial charge in [-0.25, -0.2) is 9.18 Å². The molecule has 0 saturated carbocycles. The van der Waals surface area contributed by atoms with Gasteiger partial charge in [0.25, 0.3) is 0 Å². The summed E-state index contributed by atoms with van der Waals surface area (Å²) in [4.78, 5) is 15.7. The first-order chi connectivity index (χ1) is 14.9. The van der Waals surface area contributed by atoms with E-state index in [1.165, 1.54) is 13.2 Å². The minimum atomic E-state index is -0.464. The Kier molecular flexibility index (Phi) is 5.90.